The van der Waals surface area contributed by atoms with Gasteiger partial charge in [-0.1, -0.05) is 34.6 Å². The number of thioether (sulfide) groups is 1. The Morgan fingerprint density at radius 3 is 2.77 bits per heavy atom. The molecule has 2 aromatic heterocycles. The predicted molar refractivity (Wildman–Crippen MR) is 140 cm³/mol. The number of hydrogen-bond acceptors (Lipinski definition) is 8. The Kier molecular flexibility index (Phi) is 8.51. The van der Waals surface area contributed by atoms with E-state index in [9.17, 15) is 9.59 Å². The van der Waals surface area contributed by atoms with Crippen molar-refractivity contribution in [2.24, 2.45) is 5.92 Å². The number of carbonyl (C=O) groups excluding carboxylic acids is 2. The van der Waals surface area contributed by atoms with Gasteiger partial charge in [0.15, 0.2) is 11.0 Å². The minimum Gasteiger partial charge on any atom is -0.486 e. The molecular formula is C24H27BrN4O4S2. The fourth-order valence-corrected chi connectivity index (χ4v) is 6.48. The number of ether oxygens (including phenoxy) is 2. The van der Waals surface area contributed by atoms with E-state index >= 15 is 0 Å². The first-order valence-corrected chi connectivity index (χ1v) is 13.9. The Balaban J connectivity index is 1.40. The Bertz CT molecular complexity index is 1210. The van der Waals surface area contributed by atoms with E-state index in [0.29, 0.717) is 34.0 Å². The molecule has 0 bridgehead atoms. The van der Waals surface area contributed by atoms with Crippen molar-refractivity contribution in [2.45, 2.75) is 51.4 Å². The normalized spacial score (nSPS) is 14.9. The quantitative estimate of drug-likeness (QED) is 0.270. The van der Waals surface area contributed by atoms with Crippen LogP contribution in [-0.2, 0) is 35.5 Å². The molecule has 1 atom stereocenters. The second-order valence-corrected chi connectivity index (χ2v) is 11.2. The number of aromatic nitrogens is 3. The zero-order chi connectivity index (χ0) is 24.9. The third kappa shape index (κ3) is 6.07. The van der Waals surface area contributed by atoms with Gasteiger partial charge in [-0.25, -0.2) is 4.79 Å². The Morgan fingerprint density at radius 2 is 2.06 bits per heavy atom. The minimum atomic E-state index is -0.402. The van der Waals surface area contributed by atoms with Crippen molar-refractivity contribution < 1.29 is 19.1 Å². The Labute approximate surface area is 220 Å². The summed E-state index contributed by atoms with van der Waals surface area (Å²) in [6.07, 6.45) is 2.77. The highest BCUT2D eigenvalue weighted by molar-refractivity contribution is 9.10. The molecule has 0 spiro atoms. The van der Waals surface area contributed by atoms with E-state index in [0.717, 1.165) is 39.9 Å². The highest BCUT2D eigenvalue weighted by atomic mass is 79.9. The van der Waals surface area contributed by atoms with E-state index in [1.807, 2.05) is 35.8 Å². The monoisotopic (exact) mass is 578 g/mol. The van der Waals surface area contributed by atoms with Gasteiger partial charge in [0.25, 0.3) is 0 Å². The van der Waals surface area contributed by atoms with Crippen LogP contribution in [0, 0.1) is 5.92 Å². The molecule has 1 aliphatic rings. The summed E-state index contributed by atoms with van der Waals surface area (Å²) >= 11 is 6.19. The van der Waals surface area contributed by atoms with Gasteiger partial charge in [0.05, 0.1) is 18.4 Å². The molecule has 186 valence electrons. The number of anilines is 1. The Hall–Kier alpha value is -2.37. The van der Waals surface area contributed by atoms with Gasteiger partial charge < -0.3 is 19.4 Å². The molecule has 1 unspecified atom stereocenters. The molecule has 1 aliphatic carbocycles. The largest absolute Gasteiger partial charge is 0.486 e. The molecule has 35 heavy (non-hydrogen) atoms. The topological polar surface area (TPSA) is 95.3 Å². The highest BCUT2D eigenvalue weighted by Gasteiger charge is 2.29. The van der Waals surface area contributed by atoms with Gasteiger partial charge in [-0.15, -0.1) is 21.5 Å². The second-order valence-electron chi connectivity index (χ2n) is 8.27. The number of methoxy groups -OCH3 is 1. The average molecular weight is 580 g/mol. The summed E-state index contributed by atoms with van der Waals surface area (Å²) in [7, 11) is 1.37. The van der Waals surface area contributed by atoms with Gasteiger partial charge in [0, 0.05) is 15.9 Å². The molecule has 4 rings (SSSR count). The fraction of sp³-hybridized carbons (Fsp3) is 0.417. The lowest BCUT2D eigenvalue weighted by Crippen LogP contribution is -2.17. The average Bonchev–Trinajstić information content (AvgIpc) is 3.41. The predicted octanol–water partition coefficient (Wildman–Crippen LogP) is 5.34. The van der Waals surface area contributed by atoms with Crippen LogP contribution in [0.5, 0.6) is 5.75 Å². The minimum absolute atomic E-state index is 0.144. The summed E-state index contributed by atoms with van der Waals surface area (Å²) in [5, 5.41) is 12.6. The first-order valence-electron chi connectivity index (χ1n) is 11.4. The summed E-state index contributed by atoms with van der Waals surface area (Å²) < 4.78 is 13.7. The third-order valence-electron chi connectivity index (χ3n) is 5.78. The first-order chi connectivity index (χ1) is 16.9. The molecule has 0 fully saturated rings. The maximum absolute atomic E-state index is 12.8. The van der Waals surface area contributed by atoms with Crippen LogP contribution in [0.1, 0.15) is 46.9 Å². The smallest absolute Gasteiger partial charge is 0.341 e. The highest BCUT2D eigenvalue weighted by Crippen LogP contribution is 2.40. The first kappa shape index (κ1) is 25.7. The number of nitrogens with one attached hydrogen (secondary N) is 1. The van der Waals surface area contributed by atoms with Crippen LogP contribution in [0.15, 0.2) is 33.9 Å². The van der Waals surface area contributed by atoms with E-state index in [4.69, 9.17) is 9.47 Å². The SMILES string of the molecule is CCn1c(COc2ccc(Br)cc2)nnc1SCC(=O)Nc1sc2c(c1C(=O)OC)CCC(C)C2. The van der Waals surface area contributed by atoms with Gasteiger partial charge >= 0.3 is 5.97 Å². The number of nitrogens with zero attached hydrogens (tertiary/aromatic N) is 3. The summed E-state index contributed by atoms with van der Waals surface area (Å²) in [5.41, 5.74) is 1.52. The number of fused-ring (bicyclic) bond motifs is 1. The van der Waals surface area contributed by atoms with Crippen molar-refractivity contribution >= 4 is 55.9 Å². The van der Waals surface area contributed by atoms with Gasteiger partial charge in [-0.3, -0.25) is 4.79 Å². The lowest BCUT2D eigenvalue weighted by Gasteiger charge is -2.18. The van der Waals surface area contributed by atoms with Crippen LogP contribution in [-0.4, -0.2) is 39.5 Å². The van der Waals surface area contributed by atoms with E-state index in [2.05, 4.69) is 38.4 Å². The van der Waals surface area contributed by atoms with E-state index in [1.165, 1.54) is 30.2 Å². The molecule has 3 aromatic rings. The van der Waals surface area contributed by atoms with Gasteiger partial charge in [-0.2, -0.15) is 0 Å². The molecular weight excluding hydrogens is 552 g/mol. The third-order valence-corrected chi connectivity index (χ3v) is 8.44. The number of thiophene rings is 1. The maximum Gasteiger partial charge on any atom is 0.341 e. The summed E-state index contributed by atoms with van der Waals surface area (Å²) in [4.78, 5) is 26.4. The molecule has 0 saturated heterocycles. The summed E-state index contributed by atoms with van der Waals surface area (Å²) in [6, 6.07) is 7.58. The molecule has 0 aliphatic heterocycles. The second kappa shape index (κ2) is 11.6. The van der Waals surface area contributed by atoms with E-state index in [-0.39, 0.29) is 18.3 Å². The molecule has 1 amide bonds. The van der Waals surface area contributed by atoms with Gasteiger partial charge in [0.1, 0.15) is 17.4 Å². The fourth-order valence-electron chi connectivity index (χ4n) is 3.98. The number of rotatable bonds is 9. The van der Waals surface area contributed by atoms with Crippen LogP contribution < -0.4 is 10.1 Å². The van der Waals surface area contributed by atoms with E-state index in [1.54, 1.807) is 0 Å². The van der Waals surface area contributed by atoms with Crippen LogP contribution in [0.25, 0.3) is 0 Å². The van der Waals surface area contributed by atoms with Crippen molar-refractivity contribution in [1.82, 2.24) is 14.8 Å². The van der Waals surface area contributed by atoms with Crippen LogP contribution in [0.3, 0.4) is 0 Å². The molecule has 0 radical (unpaired) electrons. The van der Waals surface area contributed by atoms with E-state index < -0.39 is 5.97 Å². The standard InChI is InChI=1S/C24H27BrN4O4S2/c1-4-29-19(12-33-16-8-6-15(25)7-9-16)27-28-24(29)34-13-20(30)26-22-21(23(31)32-3)17-10-5-14(2)11-18(17)35-22/h6-9,14H,4-5,10-13H2,1-3H3,(H,26,30). The van der Waals surface area contributed by atoms with Crippen molar-refractivity contribution in [3.63, 3.8) is 0 Å². The molecule has 8 nitrogen and oxygen atoms in total. The van der Waals surface area contributed by atoms with Crippen molar-refractivity contribution in [2.75, 3.05) is 18.2 Å². The zero-order valence-corrected chi connectivity index (χ0v) is 23.0. The van der Waals surface area contributed by atoms with Gasteiger partial charge in [0.2, 0.25) is 5.91 Å². The van der Waals surface area contributed by atoms with Crippen LogP contribution in [0.4, 0.5) is 5.00 Å². The molecule has 11 heteroatoms. The molecule has 2 heterocycles. The molecule has 1 N–H and O–H groups in total. The van der Waals surface area contributed by atoms with Crippen LogP contribution in [0.2, 0.25) is 0 Å². The van der Waals surface area contributed by atoms with Gasteiger partial charge in [-0.05, 0) is 61.9 Å². The van der Waals surface area contributed by atoms with Crippen molar-refractivity contribution in [3.8, 4) is 5.75 Å². The number of benzene rings is 1. The number of halogens is 1. The summed E-state index contributed by atoms with van der Waals surface area (Å²) in [5.74, 6) is 1.53. The van der Waals surface area contributed by atoms with Crippen molar-refractivity contribution in [1.29, 1.82) is 0 Å². The number of esters is 1. The molecule has 1 aromatic carbocycles. The molecule has 0 saturated carbocycles. The Morgan fingerprint density at radius 1 is 1.29 bits per heavy atom. The number of amides is 1. The number of carbonyl (C=O) groups is 2. The summed E-state index contributed by atoms with van der Waals surface area (Å²) in [6.45, 7) is 5.13. The lowest BCUT2D eigenvalue weighted by molar-refractivity contribution is -0.113. The maximum atomic E-state index is 12.8. The lowest BCUT2D eigenvalue weighted by atomic mass is 9.88. The number of hydrogen-bond donors (Lipinski definition) is 1. The zero-order valence-electron chi connectivity index (χ0n) is 19.8. The van der Waals surface area contributed by atoms with Crippen LogP contribution >= 0.6 is 39.0 Å². The van der Waals surface area contributed by atoms with Crippen molar-refractivity contribution in [3.05, 3.63) is 50.6 Å².